The molecule has 2 aromatic carbocycles. The summed E-state index contributed by atoms with van der Waals surface area (Å²) in [6.07, 6.45) is 0. The van der Waals surface area contributed by atoms with Gasteiger partial charge in [-0.2, -0.15) is 0 Å². The average molecular weight is 366 g/mol. The molecule has 0 bridgehead atoms. The van der Waals surface area contributed by atoms with Crippen molar-refractivity contribution in [3.63, 3.8) is 0 Å². The largest absolute Gasteiger partial charge is 0.496 e. The minimum atomic E-state index is -0.371. The molecule has 6 nitrogen and oxygen atoms in total. The summed E-state index contributed by atoms with van der Waals surface area (Å²) in [4.78, 5) is 28.0. The van der Waals surface area contributed by atoms with Gasteiger partial charge in [-0.05, 0) is 49.2 Å². The standard InChI is InChI=1S/C21H22N2O4/c1-12-8-13(2)15-10-14(20(24)23-16(15)9-12)11-22-21(25)19-17(26-3)6-5-7-18(19)27-4/h5-10H,11H2,1-4H3,(H,22,25)(H,23,24). The van der Waals surface area contributed by atoms with Crippen LogP contribution in [-0.4, -0.2) is 25.1 Å². The van der Waals surface area contributed by atoms with Crippen molar-refractivity contribution in [2.45, 2.75) is 20.4 Å². The SMILES string of the molecule is COc1cccc(OC)c1C(=O)NCc1cc2c(C)cc(C)cc2[nH]c1=O. The summed E-state index contributed by atoms with van der Waals surface area (Å²) in [6, 6.07) is 10.9. The van der Waals surface area contributed by atoms with Crippen LogP contribution in [0, 0.1) is 13.8 Å². The monoisotopic (exact) mass is 366 g/mol. The van der Waals surface area contributed by atoms with Crippen molar-refractivity contribution in [3.05, 3.63) is 69.0 Å². The lowest BCUT2D eigenvalue weighted by molar-refractivity contribution is 0.0944. The van der Waals surface area contributed by atoms with Crippen LogP contribution in [0.1, 0.15) is 27.0 Å². The first kappa shape index (κ1) is 18.5. The van der Waals surface area contributed by atoms with Gasteiger partial charge in [0.05, 0.1) is 14.2 Å². The van der Waals surface area contributed by atoms with E-state index < -0.39 is 0 Å². The van der Waals surface area contributed by atoms with Crippen LogP contribution in [0.3, 0.4) is 0 Å². The number of nitrogens with one attached hydrogen (secondary N) is 2. The predicted molar refractivity (Wildman–Crippen MR) is 105 cm³/mol. The van der Waals surface area contributed by atoms with E-state index in [1.807, 2.05) is 26.0 Å². The number of ether oxygens (including phenoxy) is 2. The third kappa shape index (κ3) is 3.65. The lowest BCUT2D eigenvalue weighted by atomic mass is 10.0. The van der Waals surface area contributed by atoms with Crippen molar-refractivity contribution in [2.24, 2.45) is 0 Å². The number of aryl methyl sites for hydroxylation is 2. The number of benzene rings is 2. The summed E-state index contributed by atoms with van der Waals surface area (Å²) >= 11 is 0. The topological polar surface area (TPSA) is 80.4 Å². The molecule has 0 radical (unpaired) electrons. The zero-order valence-corrected chi connectivity index (χ0v) is 15.8. The van der Waals surface area contributed by atoms with Gasteiger partial charge < -0.3 is 19.8 Å². The second-order valence-electron chi connectivity index (χ2n) is 6.39. The fourth-order valence-electron chi connectivity index (χ4n) is 3.19. The number of H-pyrrole nitrogens is 1. The van der Waals surface area contributed by atoms with E-state index in [1.165, 1.54) is 14.2 Å². The second-order valence-corrected chi connectivity index (χ2v) is 6.39. The number of methoxy groups -OCH3 is 2. The molecule has 140 valence electrons. The van der Waals surface area contributed by atoms with E-state index in [1.54, 1.807) is 18.2 Å². The minimum absolute atomic E-state index is 0.0959. The Bertz CT molecular complexity index is 1050. The van der Waals surface area contributed by atoms with Crippen molar-refractivity contribution in [2.75, 3.05) is 14.2 Å². The number of amides is 1. The molecule has 1 amide bonds. The van der Waals surface area contributed by atoms with Crippen LogP contribution in [0.15, 0.2) is 41.2 Å². The molecule has 0 spiro atoms. The molecule has 0 atom stereocenters. The molecule has 0 aliphatic carbocycles. The quantitative estimate of drug-likeness (QED) is 0.727. The molecule has 0 unspecified atom stereocenters. The smallest absolute Gasteiger partial charge is 0.259 e. The average Bonchev–Trinajstić information content (AvgIpc) is 2.65. The summed E-state index contributed by atoms with van der Waals surface area (Å²) in [5, 5.41) is 3.74. The number of hydrogen-bond donors (Lipinski definition) is 2. The molecule has 0 aliphatic heterocycles. The summed E-state index contributed by atoms with van der Waals surface area (Å²) in [6.45, 7) is 4.08. The summed E-state index contributed by atoms with van der Waals surface area (Å²) in [5.41, 5.74) is 3.50. The van der Waals surface area contributed by atoms with Crippen LogP contribution in [0.5, 0.6) is 11.5 Å². The third-order valence-corrected chi connectivity index (χ3v) is 4.48. The van der Waals surface area contributed by atoms with Crippen LogP contribution >= 0.6 is 0 Å². The van der Waals surface area contributed by atoms with Gasteiger partial charge in [-0.25, -0.2) is 0 Å². The predicted octanol–water partition coefficient (Wildman–Crippen LogP) is 3.09. The van der Waals surface area contributed by atoms with Gasteiger partial charge in [0.2, 0.25) is 0 Å². The molecule has 2 N–H and O–H groups in total. The van der Waals surface area contributed by atoms with Gasteiger partial charge in [-0.1, -0.05) is 12.1 Å². The highest BCUT2D eigenvalue weighted by Crippen LogP contribution is 2.28. The molecule has 1 aromatic heterocycles. The first-order valence-electron chi connectivity index (χ1n) is 8.57. The number of pyridine rings is 1. The van der Waals surface area contributed by atoms with Gasteiger partial charge >= 0.3 is 0 Å². The van der Waals surface area contributed by atoms with E-state index in [-0.39, 0.29) is 18.0 Å². The van der Waals surface area contributed by atoms with Crippen molar-refractivity contribution < 1.29 is 14.3 Å². The molecule has 27 heavy (non-hydrogen) atoms. The van der Waals surface area contributed by atoms with Crippen LogP contribution < -0.4 is 20.3 Å². The Balaban J connectivity index is 1.90. The maximum absolute atomic E-state index is 12.7. The zero-order valence-electron chi connectivity index (χ0n) is 15.8. The van der Waals surface area contributed by atoms with Crippen LogP contribution in [0.4, 0.5) is 0 Å². The first-order chi connectivity index (χ1) is 12.9. The molecule has 0 aliphatic rings. The maximum Gasteiger partial charge on any atom is 0.259 e. The van der Waals surface area contributed by atoms with Gasteiger partial charge in [-0.15, -0.1) is 0 Å². The Morgan fingerprint density at radius 2 is 1.74 bits per heavy atom. The van der Waals surface area contributed by atoms with Gasteiger partial charge in [0.25, 0.3) is 11.5 Å². The fourth-order valence-corrected chi connectivity index (χ4v) is 3.19. The second kappa shape index (κ2) is 7.53. The van der Waals surface area contributed by atoms with E-state index in [0.717, 1.165) is 22.0 Å². The zero-order chi connectivity index (χ0) is 19.6. The summed E-state index contributed by atoms with van der Waals surface area (Å²) in [7, 11) is 2.98. The van der Waals surface area contributed by atoms with E-state index in [0.29, 0.717) is 22.6 Å². The number of hydrogen-bond acceptors (Lipinski definition) is 4. The summed E-state index contributed by atoms with van der Waals surface area (Å²) < 4.78 is 10.5. The minimum Gasteiger partial charge on any atom is -0.496 e. The van der Waals surface area contributed by atoms with E-state index >= 15 is 0 Å². The van der Waals surface area contributed by atoms with Crippen molar-refractivity contribution >= 4 is 16.8 Å². The van der Waals surface area contributed by atoms with E-state index in [4.69, 9.17) is 9.47 Å². The molecule has 0 saturated heterocycles. The van der Waals surface area contributed by atoms with Crippen LogP contribution in [0.25, 0.3) is 10.9 Å². The molecule has 1 heterocycles. The molecular weight excluding hydrogens is 344 g/mol. The normalized spacial score (nSPS) is 10.7. The Kier molecular flexibility index (Phi) is 5.16. The Morgan fingerprint density at radius 1 is 1.07 bits per heavy atom. The molecule has 0 fully saturated rings. The molecule has 6 heteroatoms. The van der Waals surface area contributed by atoms with Crippen molar-refractivity contribution in [1.82, 2.24) is 10.3 Å². The van der Waals surface area contributed by atoms with Crippen LogP contribution in [-0.2, 0) is 6.54 Å². The van der Waals surface area contributed by atoms with E-state index in [9.17, 15) is 9.59 Å². The Hall–Kier alpha value is -3.28. The Morgan fingerprint density at radius 3 is 2.37 bits per heavy atom. The van der Waals surface area contributed by atoms with Crippen LogP contribution in [0.2, 0.25) is 0 Å². The highest BCUT2D eigenvalue weighted by atomic mass is 16.5. The number of aromatic nitrogens is 1. The lowest BCUT2D eigenvalue weighted by Crippen LogP contribution is -2.27. The van der Waals surface area contributed by atoms with Gasteiger partial charge in [-0.3, -0.25) is 9.59 Å². The highest BCUT2D eigenvalue weighted by molar-refractivity contribution is 5.99. The molecular formula is C21H22N2O4. The number of carbonyl (C=O) groups is 1. The fraction of sp³-hybridized carbons (Fsp3) is 0.238. The van der Waals surface area contributed by atoms with Crippen molar-refractivity contribution in [3.8, 4) is 11.5 Å². The van der Waals surface area contributed by atoms with Crippen molar-refractivity contribution in [1.29, 1.82) is 0 Å². The number of aromatic amines is 1. The number of carbonyl (C=O) groups excluding carboxylic acids is 1. The van der Waals surface area contributed by atoms with Gasteiger partial charge in [0.1, 0.15) is 17.1 Å². The van der Waals surface area contributed by atoms with E-state index in [2.05, 4.69) is 16.4 Å². The maximum atomic E-state index is 12.7. The number of rotatable bonds is 5. The van der Waals surface area contributed by atoms with Gasteiger partial charge in [0, 0.05) is 23.0 Å². The molecule has 3 aromatic rings. The Labute approximate surface area is 157 Å². The first-order valence-corrected chi connectivity index (χ1v) is 8.57. The molecule has 0 saturated carbocycles. The molecule has 3 rings (SSSR count). The third-order valence-electron chi connectivity index (χ3n) is 4.48. The van der Waals surface area contributed by atoms with Gasteiger partial charge in [0.15, 0.2) is 0 Å². The highest BCUT2D eigenvalue weighted by Gasteiger charge is 2.18. The number of fused-ring (bicyclic) bond motifs is 1. The summed E-state index contributed by atoms with van der Waals surface area (Å²) in [5.74, 6) is 0.445. The lowest BCUT2D eigenvalue weighted by Gasteiger charge is -2.13.